The van der Waals surface area contributed by atoms with Crippen molar-refractivity contribution in [1.29, 1.82) is 0 Å². The summed E-state index contributed by atoms with van der Waals surface area (Å²) in [4.78, 5) is 11.4. The van der Waals surface area contributed by atoms with Crippen LogP contribution in [-0.2, 0) is 0 Å². The second kappa shape index (κ2) is 6.26. The maximum absolute atomic E-state index is 11.4. The van der Waals surface area contributed by atoms with Crippen LogP contribution in [0.4, 0.5) is 5.69 Å². The van der Waals surface area contributed by atoms with Gasteiger partial charge in [0.05, 0.1) is 5.56 Å². The van der Waals surface area contributed by atoms with E-state index in [4.69, 9.17) is 17.3 Å². The predicted molar refractivity (Wildman–Crippen MR) is 78.6 cm³/mol. The van der Waals surface area contributed by atoms with Crippen LogP contribution in [0.25, 0.3) is 0 Å². The molecule has 1 saturated heterocycles. The van der Waals surface area contributed by atoms with E-state index in [1.165, 1.54) is 12.8 Å². The number of hydrogen-bond donors (Lipinski definition) is 3. The summed E-state index contributed by atoms with van der Waals surface area (Å²) in [6.45, 7) is 4.22. The van der Waals surface area contributed by atoms with Crippen LogP contribution >= 0.6 is 11.6 Å². The van der Waals surface area contributed by atoms with E-state index < -0.39 is 5.91 Å². The van der Waals surface area contributed by atoms with E-state index >= 15 is 0 Å². The van der Waals surface area contributed by atoms with Gasteiger partial charge in [0.25, 0.3) is 5.91 Å². The Kier molecular flexibility index (Phi) is 4.66. The van der Waals surface area contributed by atoms with Crippen LogP contribution in [0.2, 0.25) is 5.02 Å². The number of amides is 1. The number of primary amides is 1. The molecule has 4 nitrogen and oxygen atoms in total. The summed E-state index contributed by atoms with van der Waals surface area (Å²) >= 11 is 5.99. The Hall–Kier alpha value is -1.26. The third-order valence-electron chi connectivity index (χ3n) is 3.67. The summed E-state index contributed by atoms with van der Waals surface area (Å²) in [5.74, 6) is 0.113. The summed E-state index contributed by atoms with van der Waals surface area (Å²) in [7, 11) is 0. The third-order valence-corrected chi connectivity index (χ3v) is 3.91. The van der Waals surface area contributed by atoms with Crippen LogP contribution in [0.5, 0.6) is 0 Å². The lowest BCUT2D eigenvalue weighted by atomic mass is 9.92. The maximum Gasteiger partial charge on any atom is 0.250 e. The van der Waals surface area contributed by atoms with Gasteiger partial charge in [-0.25, -0.2) is 0 Å². The van der Waals surface area contributed by atoms with Crippen molar-refractivity contribution >= 4 is 23.2 Å². The number of piperidine rings is 1. The molecular formula is C14H20ClN3O. The molecule has 1 fully saturated rings. The van der Waals surface area contributed by atoms with E-state index in [2.05, 4.69) is 17.6 Å². The van der Waals surface area contributed by atoms with Crippen molar-refractivity contribution in [1.82, 2.24) is 5.32 Å². The average Bonchev–Trinajstić information content (AvgIpc) is 2.39. The van der Waals surface area contributed by atoms with Gasteiger partial charge in [-0.1, -0.05) is 11.6 Å². The summed E-state index contributed by atoms with van der Waals surface area (Å²) in [5.41, 5.74) is 6.59. The fourth-order valence-electron chi connectivity index (χ4n) is 2.52. The fourth-order valence-corrected chi connectivity index (χ4v) is 2.69. The van der Waals surface area contributed by atoms with Crippen molar-refractivity contribution in [3.63, 3.8) is 0 Å². The van der Waals surface area contributed by atoms with E-state index in [1.54, 1.807) is 18.2 Å². The lowest BCUT2D eigenvalue weighted by molar-refractivity contribution is 0.100. The minimum absolute atomic E-state index is 0.268. The highest BCUT2D eigenvalue weighted by Crippen LogP contribution is 2.24. The predicted octanol–water partition coefficient (Wildman–Crippen LogP) is 2.24. The number of carbonyl (C=O) groups is 1. The number of benzene rings is 1. The summed E-state index contributed by atoms with van der Waals surface area (Å²) < 4.78 is 0. The highest BCUT2D eigenvalue weighted by Gasteiger charge is 2.21. The molecule has 0 bridgehead atoms. The molecule has 2 rings (SSSR count). The lowest BCUT2D eigenvalue weighted by Gasteiger charge is -2.30. The van der Waals surface area contributed by atoms with E-state index in [0.29, 0.717) is 16.5 Å². The van der Waals surface area contributed by atoms with Crippen LogP contribution in [-0.4, -0.2) is 25.0 Å². The van der Waals surface area contributed by atoms with Crippen LogP contribution in [0.3, 0.4) is 0 Å². The van der Waals surface area contributed by atoms with Crippen LogP contribution in [0, 0.1) is 5.92 Å². The van der Waals surface area contributed by atoms with E-state index in [-0.39, 0.29) is 6.04 Å². The number of rotatable bonds is 4. The zero-order chi connectivity index (χ0) is 13.8. The Bertz CT molecular complexity index is 458. The van der Waals surface area contributed by atoms with Gasteiger partial charge in [-0.05, 0) is 57.0 Å². The second-order valence-corrected chi connectivity index (χ2v) is 5.53. The van der Waals surface area contributed by atoms with Gasteiger partial charge in [0.1, 0.15) is 0 Å². The molecule has 104 valence electrons. The molecule has 1 amide bonds. The number of hydrogen-bond acceptors (Lipinski definition) is 3. The normalized spacial score (nSPS) is 20.8. The molecule has 4 N–H and O–H groups in total. The summed E-state index contributed by atoms with van der Waals surface area (Å²) in [6.07, 6.45) is 2.38. The smallest absolute Gasteiger partial charge is 0.250 e. The van der Waals surface area contributed by atoms with Crippen molar-refractivity contribution in [2.24, 2.45) is 11.7 Å². The fraction of sp³-hybridized carbons (Fsp3) is 0.500. The average molecular weight is 282 g/mol. The molecule has 0 saturated carbocycles. The van der Waals surface area contributed by atoms with Gasteiger partial charge in [-0.2, -0.15) is 0 Å². The molecule has 0 spiro atoms. The van der Waals surface area contributed by atoms with E-state index in [0.717, 1.165) is 18.8 Å². The number of halogens is 1. The molecule has 1 aliphatic rings. The Morgan fingerprint density at radius 1 is 1.58 bits per heavy atom. The third kappa shape index (κ3) is 3.61. The molecule has 1 aromatic rings. The number of nitrogens with two attached hydrogens (primary N) is 1. The SMILES string of the molecule is CC(Nc1cc(Cl)ccc1C(N)=O)C1CCCNC1. The van der Waals surface area contributed by atoms with Crippen molar-refractivity contribution in [3.05, 3.63) is 28.8 Å². The van der Waals surface area contributed by atoms with Crippen LogP contribution in [0.15, 0.2) is 18.2 Å². The molecule has 0 radical (unpaired) electrons. The number of nitrogens with one attached hydrogen (secondary N) is 2. The Balaban J connectivity index is 2.12. The quantitative estimate of drug-likeness (QED) is 0.793. The molecular weight excluding hydrogens is 262 g/mol. The maximum atomic E-state index is 11.4. The zero-order valence-corrected chi connectivity index (χ0v) is 11.8. The highest BCUT2D eigenvalue weighted by molar-refractivity contribution is 6.31. The molecule has 2 atom stereocenters. The van der Waals surface area contributed by atoms with Gasteiger partial charge >= 0.3 is 0 Å². The van der Waals surface area contributed by atoms with Gasteiger partial charge in [-0.3, -0.25) is 4.79 Å². The Labute approximate surface area is 118 Å². The van der Waals surface area contributed by atoms with Crippen LogP contribution < -0.4 is 16.4 Å². The largest absolute Gasteiger partial charge is 0.382 e. The number of carbonyl (C=O) groups excluding carboxylic acids is 1. The first-order valence-corrected chi connectivity index (χ1v) is 7.02. The minimum Gasteiger partial charge on any atom is -0.382 e. The van der Waals surface area contributed by atoms with Gasteiger partial charge in [0.15, 0.2) is 0 Å². The molecule has 1 aromatic carbocycles. The van der Waals surface area contributed by atoms with Crippen molar-refractivity contribution in [2.75, 3.05) is 18.4 Å². The molecule has 0 aliphatic carbocycles. The summed E-state index contributed by atoms with van der Waals surface area (Å²) in [5, 5.41) is 7.37. The Morgan fingerprint density at radius 3 is 3.00 bits per heavy atom. The van der Waals surface area contributed by atoms with E-state index in [1.807, 2.05) is 0 Å². The topological polar surface area (TPSA) is 67.1 Å². The number of anilines is 1. The Morgan fingerprint density at radius 2 is 2.37 bits per heavy atom. The molecule has 2 unspecified atom stereocenters. The lowest BCUT2D eigenvalue weighted by Crippen LogP contribution is -2.39. The molecule has 5 heteroatoms. The van der Waals surface area contributed by atoms with Gasteiger partial charge in [0.2, 0.25) is 0 Å². The van der Waals surface area contributed by atoms with Crippen molar-refractivity contribution in [3.8, 4) is 0 Å². The van der Waals surface area contributed by atoms with Crippen molar-refractivity contribution in [2.45, 2.75) is 25.8 Å². The van der Waals surface area contributed by atoms with Crippen LogP contribution in [0.1, 0.15) is 30.1 Å². The molecule has 1 heterocycles. The second-order valence-electron chi connectivity index (χ2n) is 5.09. The monoisotopic (exact) mass is 281 g/mol. The minimum atomic E-state index is -0.437. The first-order chi connectivity index (χ1) is 9.08. The highest BCUT2D eigenvalue weighted by atomic mass is 35.5. The molecule has 19 heavy (non-hydrogen) atoms. The van der Waals surface area contributed by atoms with E-state index in [9.17, 15) is 4.79 Å². The van der Waals surface area contributed by atoms with Gasteiger partial charge in [0, 0.05) is 16.8 Å². The molecule has 0 aromatic heterocycles. The summed E-state index contributed by atoms with van der Waals surface area (Å²) in [6, 6.07) is 5.37. The standard InChI is InChI=1S/C14H20ClN3O/c1-9(10-3-2-6-17-8-10)18-13-7-11(15)4-5-12(13)14(16)19/h4-5,7,9-10,17-18H,2-3,6,8H2,1H3,(H2,16,19). The zero-order valence-electron chi connectivity index (χ0n) is 11.1. The first-order valence-electron chi connectivity index (χ1n) is 6.64. The van der Waals surface area contributed by atoms with Crippen molar-refractivity contribution < 1.29 is 4.79 Å². The van der Waals surface area contributed by atoms with Gasteiger partial charge < -0.3 is 16.4 Å². The molecule has 1 aliphatic heterocycles. The first kappa shape index (κ1) is 14.2. The van der Waals surface area contributed by atoms with Gasteiger partial charge in [-0.15, -0.1) is 0 Å².